The van der Waals surface area contributed by atoms with E-state index >= 15 is 0 Å². The van der Waals surface area contributed by atoms with E-state index in [9.17, 15) is 0 Å². The predicted molar refractivity (Wildman–Crippen MR) is 78.1 cm³/mol. The van der Waals surface area contributed by atoms with Crippen molar-refractivity contribution in [1.29, 1.82) is 0 Å². The summed E-state index contributed by atoms with van der Waals surface area (Å²) >= 11 is 2.03. The van der Waals surface area contributed by atoms with E-state index in [0.717, 1.165) is 18.6 Å². The molecule has 0 radical (unpaired) electrons. The molecule has 0 spiro atoms. The molecular weight excluding hydrogens is 252 g/mol. The maximum absolute atomic E-state index is 3.61. The molecule has 0 amide bonds. The molecule has 1 aromatic rings. The van der Waals surface area contributed by atoms with Crippen LogP contribution in [0.4, 0.5) is 0 Å². The van der Waals surface area contributed by atoms with Crippen molar-refractivity contribution >= 4 is 11.3 Å². The van der Waals surface area contributed by atoms with Crippen LogP contribution in [-0.2, 0) is 0 Å². The molecule has 5 aliphatic rings. The molecule has 19 heavy (non-hydrogen) atoms. The van der Waals surface area contributed by atoms with Crippen molar-refractivity contribution in [1.82, 2.24) is 10.2 Å². The second-order valence-electron chi connectivity index (χ2n) is 7.13. The van der Waals surface area contributed by atoms with E-state index in [1.54, 1.807) is 10.4 Å². The molecule has 3 heterocycles. The summed E-state index contributed by atoms with van der Waals surface area (Å²) in [6.07, 6.45) is 8.98. The largest absolute Gasteiger partial charge is 0.302 e. The normalized spacial score (nSPS) is 44.5. The van der Waals surface area contributed by atoms with Gasteiger partial charge in [0.2, 0.25) is 0 Å². The van der Waals surface area contributed by atoms with Gasteiger partial charge in [-0.25, -0.2) is 0 Å². The monoisotopic (exact) mass is 274 g/mol. The molecule has 3 aliphatic carbocycles. The van der Waals surface area contributed by atoms with Crippen LogP contribution in [0.15, 0.2) is 11.4 Å². The molecule has 2 atom stereocenters. The molecule has 3 heteroatoms. The first-order valence-electron chi connectivity index (χ1n) is 7.91. The van der Waals surface area contributed by atoms with Gasteiger partial charge in [-0.15, -0.1) is 11.3 Å². The molecule has 6 rings (SSSR count). The molecule has 2 aliphatic heterocycles. The zero-order valence-electron chi connectivity index (χ0n) is 11.4. The number of rotatable bonds is 1. The minimum absolute atomic E-state index is 0.620. The second-order valence-corrected chi connectivity index (χ2v) is 8.08. The van der Waals surface area contributed by atoms with Crippen LogP contribution in [0.2, 0.25) is 0 Å². The highest BCUT2D eigenvalue weighted by Crippen LogP contribution is 2.63. The van der Waals surface area contributed by atoms with Gasteiger partial charge in [0, 0.05) is 18.1 Å². The van der Waals surface area contributed by atoms with Crippen LogP contribution in [0.1, 0.15) is 61.0 Å². The van der Waals surface area contributed by atoms with E-state index in [4.69, 9.17) is 0 Å². The lowest BCUT2D eigenvalue weighted by Crippen LogP contribution is -2.44. The minimum Gasteiger partial charge on any atom is -0.302 e. The third-order valence-electron chi connectivity index (χ3n) is 6.43. The Balaban J connectivity index is 1.61. The highest BCUT2D eigenvalue weighted by Gasteiger charge is 2.54. The van der Waals surface area contributed by atoms with Gasteiger partial charge in [-0.05, 0) is 66.9 Å². The highest BCUT2D eigenvalue weighted by molar-refractivity contribution is 7.10. The lowest BCUT2D eigenvalue weighted by atomic mass is 9.57. The van der Waals surface area contributed by atoms with Crippen LogP contribution >= 0.6 is 11.3 Å². The third kappa shape index (κ3) is 1.39. The SMILES string of the molecule is c1cc2c(s1)C(C13CCC(CC1)CC3)N1CNCC21. The van der Waals surface area contributed by atoms with Gasteiger partial charge < -0.3 is 5.32 Å². The number of fused-ring (bicyclic) bond motifs is 6. The molecule has 2 bridgehead atoms. The van der Waals surface area contributed by atoms with Crippen molar-refractivity contribution in [3.05, 3.63) is 21.9 Å². The number of hydrogen-bond donors (Lipinski definition) is 1. The molecule has 0 aromatic carbocycles. The van der Waals surface area contributed by atoms with Gasteiger partial charge >= 0.3 is 0 Å². The Bertz CT molecular complexity index is 487. The summed E-state index contributed by atoms with van der Waals surface area (Å²) in [4.78, 5) is 4.53. The number of nitrogens with zero attached hydrogens (tertiary/aromatic N) is 1. The molecule has 2 nitrogen and oxygen atoms in total. The Morgan fingerprint density at radius 2 is 2.00 bits per heavy atom. The molecule has 2 unspecified atom stereocenters. The Labute approximate surface area is 119 Å². The van der Waals surface area contributed by atoms with Crippen molar-refractivity contribution in [2.24, 2.45) is 11.3 Å². The smallest absolute Gasteiger partial charge is 0.0520 e. The van der Waals surface area contributed by atoms with Crippen molar-refractivity contribution in [3.8, 4) is 0 Å². The number of nitrogens with one attached hydrogen (secondary N) is 1. The van der Waals surface area contributed by atoms with Crippen molar-refractivity contribution in [2.75, 3.05) is 13.2 Å². The first-order valence-corrected chi connectivity index (χ1v) is 8.79. The Morgan fingerprint density at radius 1 is 1.21 bits per heavy atom. The lowest BCUT2D eigenvalue weighted by molar-refractivity contribution is -0.0220. The fraction of sp³-hybridized carbons (Fsp3) is 0.750. The Hall–Kier alpha value is -0.380. The first-order chi connectivity index (χ1) is 9.37. The van der Waals surface area contributed by atoms with E-state index in [0.29, 0.717) is 11.5 Å². The Kier molecular flexibility index (Phi) is 2.28. The summed E-state index contributed by atoms with van der Waals surface area (Å²) in [7, 11) is 0. The molecule has 1 N–H and O–H groups in total. The predicted octanol–water partition coefficient (Wildman–Crippen LogP) is 3.68. The van der Waals surface area contributed by atoms with Crippen LogP contribution in [0, 0.1) is 11.3 Å². The first kappa shape index (κ1) is 11.3. The topological polar surface area (TPSA) is 15.3 Å². The van der Waals surface area contributed by atoms with Gasteiger partial charge in [0.25, 0.3) is 0 Å². The second kappa shape index (κ2) is 3.84. The van der Waals surface area contributed by atoms with Gasteiger partial charge in [0.1, 0.15) is 0 Å². The summed E-state index contributed by atoms with van der Waals surface area (Å²) in [5.74, 6) is 1.07. The van der Waals surface area contributed by atoms with E-state index in [1.165, 1.54) is 45.1 Å². The van der Waals surface area contributed by atoms with Crippen LogP contribution < -0.4 is 5.32 Å². The summed E-state index contributed by atoms with van der Waals surface area (Å²) in [5.41, 5.74) is 2.27. The zero-order valence-corrected chi connectivity index (χ0v) is 12.2. The van der Waals surface area contributed by atoms with Gasteiger partial charge in [0.15, 0.2) is 0 Å². The zero-order chi connectivity index (χ0) is 12.4. The van der Waals surface area contributed by atoms with Gasteiger partial charge in [0.05, 0.1) is 12.1 Å². The summed E-state index contributed by atoms with van der Waals surface area (Å²) in [6.45, 7) is 2.28. The third-order valence-corrected chi connectivity index (χ3v) is 7.42. The van der Waals surface area contributed by atoms with E-state index in [2.05, 4.69) is 21.7 Å². The number of hydrogen-bond acceptors (Lipinski definition) is 3. The van der Waals surface area contributed by atoms with Crippen LogP contribution in [0.25, 0.3) is 0 Å². The van der Waals surface area contributed by atoms with Crippen molar-refractivity contribution in [2.45, 2.75) is 50.6 Å². The maximum atomic E-state index is 3.61. The summed E-state index contributed by atoms with van der Waals surface area (Å²) in [5, 5.41) is 5.94. The quantitative estimate of drug-likeness (QED) is 0.840. The van der Waals surface area contributed by atoms with Gasteiger partial charge in [-0.1, -0.05) is 0 Å². The van der Waals surface area contributed by atoms with E-state index in [-0.39, 0.29) is 0 Å². The molecular formula is C16H22N2S. The highest BCUT2D eigenvalue weighted by atomic mass is 32.1. The molecule has 1 aromatic heterocycles. The maximum Gasteiger partial charge on any atom is 0.0520 e. The van der Waals surface area contributed by atoms with Crippen molar-refractivity contribution in [3.63, 3.8) is 0 Å². The molecule has 3 saturated carbocycles. The minimum atomic E-state index is 0.620. The number of thiophene rings is 1. The van der Waals surface area contributed by atoms with E-state index in [1.807, 2.05) is 11.3 Å². The molecule has 4 fully saturated rings. The Morgan fingerprint density at radius 3 is 2.79 bits per heavy atom. The summed E-state index contributed by atoms with van der Waals surface area (Å²) in [6, 6.07) is 3.82. The standard InChI is InChI=1S/C16H22N2S/c1-5-16(6-2-11(1)3-7-16)15-14-12(4-8-19-14)13-9-17-10-18(13)15/h4,8,11,13,15,17H,1-3,5-7,9-10H2. The fourth-order valence-corrected chi connectivity index (χ4v) is 6.64. The fourth-order valence-electron chi connectivity index (χ4n) is 5.42. The summed E-state index contributed by atoms with van der Waals surface area (Å²) < 4.78 is 0. The van der Waals surface area contributed by atoms with Crippen molar-refractivity contribution < 1.29 is 0 Å². The van der Waals surface area contributed by atoms with Gasteiger partial charge in [-0.3, -0.25) is 4.90 Å². The van der Waals surface area contributed by atoms with E-state index < -0.39 is 0 Å². The van der Waals surface area contributed by atoms with Crippen LogP contribution in [0.3, 0.4) is 0 Å². The molecule has 102 valence electrons. The van der Waals surface area contributed by atoms with Crippen LogP contribution in [0.5, 0.6) is 0 Å². The average Bonchev–Trinajstić information content (AvgIpc) is 3.12. The van der Waals surface area contributed by atoms with Crippen LogP contribution in [-0.4, -0.2) is 18.1 Å². The van der Waals surface area contributed by atoms with Gasteiger partial charge in [-0.2, -0.15) is 0 Å². The lowest BCUT2D eigenvalue weighted by Gasteiger charge is -2.52. The average molecular weight is 274 g/mol. The molecule has 1 saturated heterocycles.